The van der Waals surface area contributed by atoms with Crippen LogP contribution < -0.4 is 16.2 Å². The van der Waals surface area contributed by atoms with Crippen LogP contribution >= 0.6 is 0 Å². The maximum Gasteiger partial charge on any atom is 0.314 e. The summed E-state index contributed by atoms with van der Waals surface area (Å²) in [6.07, 6.45) is 0.712. The Morgan fingerprint density at radius 1 is 1.28 bits per heavy atom. The van der Waals surface area contributed by atoms with E-state index in [2.05, 4.69) is 25.7 Å². The minimum atomic E-state index is -0.812. The van der Waals surface area contributed by atoms with Gasteiger partial charge in [-0.2, -0.15) is 9.78 Å². The molecule has 0 aliphatic rings. The van der Waals surface area contributed by atoms with Crippen LogP contribution in [-0.4, -0.2) is 37.6 Å². The van der Waals surface area contributed by atoms with Gasteiger partial charge in [0.2, 0.25) is 5.95 Å². The number of H-pyrrole nitrogens is 1. The van der Waals surface area contributed by atoms with Crippen molar-refractivity contribution in [3.8, 4) is 5.95 Å². The number of nitrogens with zero attached hydrogens (tertiary/aromatic N) is 3. The molecule has 9 heteroatoms. The molecule has 2 aromatic rings. The van der Waals surface area contributed by atoms with E-state index in [1.165, 1.54) is 4.68 Å². The van der Waals surface area contributed by atoms with E-state index in [4.69, 9.17) is 0 Å². The molecule has 0 spiro atoms. The van der Waals surface area contributed by atoms with Gasteiger partial charge in [0.1, 0.15) is 5.82 Å². The highest BCUT2D eigenvalue weighted by molar-refractivity contribution is 6.39. The predicted octanol–water partition coefficient (Wildman–Crippen LogP) is 0.734. The minimum absolute atomic E-state index is 0.109. The second-order valence-corrected chi connectivity index (χ2v) is 5.92. The first kappa shape index (κ1) is 18.4. The second kappa shape index (κ2) is 7.29. The zero-order valence-corrected chi connectivity index (χ0v) is 14.9. The average molecular weight is 346 g/mol. The molecule has 0 aliphatic heterocycles. The number of aryl methyl sites for hydroxylation is 2. The number of anilines is 1. The summed E-state index contributed by atoms with van der Waals surface area (Å²) in [5, 5.41) is 9.31. The number of nitrogens with one attached hydrogen (secondary N) is 3. The van der Waals surface area contributed by atoms with Crippen molar-refractivity contribution in [3.05, 3.63) is 33.4 Å². The minimum Gasteiger partial charge on any atom is -0.345 e. The van der Waals surface area contributed by atoms with Crippen molar-refractivity contribution in [2.45, 2.75) is 47.1 Å². The Balaban J connectivity index is 2.31. The van der Waals surface area contributed by atoms with Crippen molar-refractivity contribution < 1.29 is 9.59 Å². The number of hydrogen-bond donors (Lipinski definition) is 3. The fraction of sp³-hybridized carbons (Fsp3) is 0.438. The third-order valence-electron chi connectivity index (χ3n) is 3.85. The van der Waals surface area contributed by atoms with E-state index in [0.29, 0.717) is 23.4 Å². The van der Waals surface area contributed by atoms with Gasteiger partial charge >= 0.3 is 11.8 Å². The first-order valence-electron chi connectivity index (χ1n) is 7.99. The lowest BCUT2D eigenvalue weighted by Crippen LogP contribution is -2.40. The molecule has 2 heterocycles. The largest absolute Gasteiger partial charge is 0.345 e. The van der Waals surface area contributed by atoms with E-state index < -0.39 is 11.8 Å². The first-order chi connectivity index (χ1) is 11.7. The molecule has 0 aliphatic carbocycles. The maximum absolute atomic E-state index is 12.1. The van der Waals surface area contributed by atoms with Crippen LogP contribution in [0.5, 0.6) is 0 Å². The Bertz CT molecular complexity index is 867. The second-order valence-electron chi connectivity index (χ2n) is 5.92. The fourth-order valence-electron chi connectivity index (χ4n) is 2.05. The van der Waals surface area contributed by atoms with Gasteiger partial charge in [-0.1, -0.05) is 6.92 Å². The van der Waals surface area contributed by atoms with Gasteiger partial charge < -0.3 is 10.6 Å². The van der Waals surface area contributed by atoms with Crippen LogP contribution in [0.4, 0.5) is 5.82 Å². The molecule has 0 aromatic carbocycles. The lowest BCUT2D eigenvalue weighted by molar-refractivity contribution is -0.136. The van der Waals surface area contributed by atoms with Crippen LogP contribution in [0.3, 0.4) is 0 Å². The molecule has 0 fully saturated rings. The average Bonchev–Trinajstić information content (AvgIpc) is 2.92. The summed E-state index contributed by atoms with van der Waals surface area (Å²) in [6.45, 7) is 8.82. The molecule has 3 N–H and O–H groups in total. The summed E-state index contributed by atoms with van der Waals surface area (Å²) in [6, 6.07) is 1.48. The van der Waals surface area contributed by atoms with Crippen molar-refractivity contribution in [1.82, 2.24) is 25.1 Å². The molecule has 0 unspecified atom stereocenters. The summed E-state index contributed by atoms with van der Waals surface area (Å²) in [5.74, 6) is -1.14. The van der Waals surface area contributed by atoms with Crippen molar-refractivity contribution in [2.24, 2.45) is 0 Å². The summed E-state index contributed by atoms with van der Waals surface area (Å²) in [5.41, 5.74) is 1.37. The number of rotatable bonds is 4. The van der Waals surface area contributed by atoms with Crippen LogP contribution in [0.2, 0.25) is 0 Å². The molecule has 25 heavy (non-hydrogen) atoms. The Hall–Kier alpha value is -2.97. The Morgan fingerprint density at radius 3 is 2.56 bits per heavy atom. The van der Waals surface area contributed by atoms with Crippen molar-refractivity contribution in [1.29, 1.82) is 0 Å². The van der Waals surface area contributed by atoms with Crippen LogP contribution in [0.25, 0.3) is 5.95 Å². The molecular weight excluding hydrogens is 324 g/mol. The molecule has 2 amide bonds. The molecule has 1 atom stereocenters. The maximum atomic E-state index is 12.1. The molecule has 134 valence electrons. The normalized spacial score (nSPS) is 11.9. The number of aromatic amines is 1. The number of carbonyl (C=O) groups is 2. The van der Waals surface area contributed by atoms with E-state index in [-0.39, 0.29) is 23.4 Å². The number of aromatic nitrogens is 4. The van der Waals surface area contributed by atoms with Crippen LogP contribution in [0.15, 0.2) is 10.9 Å². The standard InChI is InChI=1S/C16H22N6O3/c1-6-8(2)17-14(24)15(25)19-12-7-9(3)21-22(12)16-18-11(5)10(4)13(23)20-16/h7-8H,6H2,1-5H3,(H,17,24)(H,19,25)(H,18,20,23)/t8-/m1/s1. The number of hydrogen-bond acceptors (Lipinski definition) is 5. The van der Waals surface area contributed by atoms with Crippen LogP contribution in [-0.2, 0) is 9.59 Å². The van der Waals surface area contributed by atoms with E-state index in [0.717, 1.165) is 0 Å². The monoisotopic (exact) mass is 346 g/mol. The van der Waals surface area contributed by atoms with Gasteiger partial charge in [-0.05, 0) is 34.1 Å². The van der Waals surface area contributed by atoms with Gasteiger partial charge in [0.25, 0.3) is 5.56 Å². The van der Waals surface area contributed by atoms with Gasteiger partial charge in [0.05, 0.1) is 5.69 Å². The smallest absolute Gasteiger partial charge is 0.314 e. The summed E-state index contributed by atoms with van der Waals surface area (Å²) >= 11 is 0. The van der Waals surface area contributed by atoms with E-state index in [1.807, 2.05) is 13.8 Å². The highest BCUT2D eigenvalue weighted by Crippen LogP contribution is 2.14. The van der Waals surface area contributed by atoms with Gasteiger partial charge in [-0.15, -0.1) is 0 Å². The zero-order chi connectivity index (χ0) is 18.7. The summed E-state index contributed by atoms with van der Waals surface area (Å²) in [4.78, 5) is 42.8. The molecule has 2 rings (SSSR count). The number of carbonyl (C=O) groups excluding carboxylic acids is 2. The summed E-state index contributed by atoms with van der Waals surface area (Å²) in [7, 11) is 0. The fourth-order valence-corrected chi connectivity index (χ4v) is 2.05. The van der Waals surface area contributed by atoms with Gasteiger partial charge in [-0.25, -0.2) is 4.98 Å². The molecule has 0 bridgehead atoms. The predicted molar refractivity (Wildman–Crippen MR) is 92.7 cm³/mol. The van der Waals surface area contributed by atoms with Gasteiger partial charge in [0.15, 0.2) is 0 Å². The van der Waals surface area contributed by atoms with Gasteiger partial charge in [-0.3, -0.25) is 19.4 Å². The van der Waals surface area contributed by atoms with Crippen LogP contribution in [0.1, 0.15) is 37.2 Å². The van der Waals surface area contributed by atoms with Crippen LogP contribution in [0, 0.1) is 20.8 Å². The molecule has 0 saturated carbocycles. The Morgan fingerprint density at radius 2 is 1.96 bits per heavy atom. The molecule has 2 aromatic heterocycles. The molecular formula is C16H22N6O3. The van der Waals surface area contributed by atoms with Crippen molar-refractivity contribution >= 4 is 17.6 Å². The van der Waals surface area contributed by atoms with E-state index >= 15 is 0 Å². The van der Waals surface area contributed by atoms with Crippen molar-refractivity contribution in [3.63, 3.8) is 0 Å². The molecule has 0 saturated heterocycles. The van der Waals surface area contributed by atoms with Crippen molar-refractivity contribution in [2.75, 3.05) is 5.32 Å². The quantitative estimate of drug-likeness (QED) is 0.705. The highest BCUT2D eigenvalue weighted by Gasteiger charge is 2.19. The number of amides is 2. The Kier molecular flexibility index (Phi) is 5.35. The van der Waals surface area contributed by atoms with Gasteiger partial charge in [0, 0.05) is 23.4 Å². The third-order valence-corrected chi connectivity index (χ3v) is 3.85. The SMILES string of the molecule is CC[C@@H](C)NC(=O)C(=O)Nc1cc(C)nn1-c1nc(C)c(C)c(=O)[nH]1. The highest BCUT2D eigenvalue weighted by atomic mass is 16.2. The molecule has 0 radical (unpaired) electrons. The molecule has 9 nitrogen and oxygen atoms in total. The zero-order valence-electron chi connectivity index (χ0n) is 14.9. The summed E-state index contributed by atoms with van der Waals surface area (Å²) < 4.78 is 1.29. The Labute approximate surface area is 144 Å². The van der Waals surface area contributed by atoms with E-state index in [9.17, 15) is 14.4 Å². The van der Waals surface area contributed by atoms with E-state index in [1.54, 1.807) is 26.8 Å². The topological polar surface area (TPSA) is 122 Å². The lowest BCUT2D eigenvalue weighted by atomic mass is 10.2. The third kappa shape index (κ3) is 4.11. The lowest BCUT2D eigenvalue weighted by Gasteiger charge is -2.12. The first-order valence-corrected chi connectivity index (χ1v) is 7.99.